The lowest BCUT2D eigenvalue weighted by Crippen LogP contribution is -2.26. The van der Waals surface area contributed by atoms with E-state index in [9.17, 15) is 9.50 Å². The van der Waals surface area contributed by atoms with Crippen molar-refractivity contribution in [3.05, 3.63) is 29.6 Å². The summed E-state index contributed by atoms with van der Waals surface area (Å²) in [6, 6.07) is 4.81. The SMILES string of the molecule is Cl.Oc1c(F)cccc1[C@@H]1CCCCN1. The number of hydrogen-bond acceptors (Lipinski definition) is 2. The summed E-state index contributed by atoms with van der Waals surface area (Å²) in [6.07, 6.45) is 3.26. The number of halogens is 2. The maximum Gasteiger partial charge on any atom is 0.165 e. The Morgan fingerprint density at radius 1 is 1.33 bits per heavy atom. The van der Waals surface area contributed by atoms with Crippen LogP contribution < -0.4 is 5.32 Å². The molecule has 0 unspecified atom stereocenters. The molecule has 1 fully saturated rings. The van der Waals surface area contributed by atoms with Gasteiger partial charge < -0.3 is 10.4 Å². The average Bonchev–Trinajstić information content (AvgIpc) is 2.23. The van der Waals surface area contributed by atoms with Crippen LogP contribution >= 0.6 is 12.4 Å². The van der Waals surface area contributed by atoms with Gasteiger partial charge in [-0.1, -0.05) is 18.6 Å². The lowest BCUT2D eigenvalue weighted by molar-refractivity contribution is 0.377. The molecular formula is C11H15ClFNO. The molecule has 1 aliphatic heterocycles. The first-order chi connectivity index (χ1) is 6.79. The Labute approximate surface area is 94.9 Å². The predicted octanol–water partition coefficient (Wildman–Crippen LogP) is 2.77. The first-order valence-corrected chi connectivity index (χ1v) is 5.00. The number of phenols is 1. The summed E-state index contributed by atoms with van der Waals surface area (Å²) < 4.78 is 13.1. The topological polar surface area (TPSA) is 32.3 Å². The van der Waals surface area contributed by atoms with Gasteiger partial charge in [-0.05, 0) is 25.5 Å². The third-order valence-electron chi connectivity index (χ3n) is 2.70. The molecule has 2 rings (SSSR count). The summed E-state index contributed by atoms with van der Waals surface area (Å²) in [5.41, 5.74) is 0.685. The van der Waals surface area contributed by atoms with Crippen molar-refractivity contribution < 1.29 is 9.50 Å². The largest absolute Gasteiger partial charge is 0.505 e. The molecule has 2 N–H and O–H groups in total. The molecule has 0 spiro atoms. The third-order valence-corrected chi connectivity index (χ3v) is 2.70. The van der Waals surface area contributed by atoms with Crippen molar-refractivity contribution in [2.45, 2.75) is 25.3 Å². The summed E-state index contributed by atoms with van der Waals surface area (Å²) in [4.78, 5) is 0. The summed E-state index contributed by atoms with van der Waals surface area (Å²) in [7, 11) is 0. The van der Waals surface area contributed by atoms with Crippen LogP contribution in [0.5, 0.6) is 5.75 Å². The minimum atomic E-state index is -0.533. The van der Waals surface area contributed by atoms with Gasteiger partial charge in [0.1, 0.15) is 0 Å². The van der Waals surface area contributed by atoms with E-state index in [0.29, 0.717) is 5.56 Å². The Balaban J connectivity index is 0.00000112. The smallest absolute Gasteiger partial charge is 0.165 e. The van der Waals surface area contributed by atoms with Crippen LogP contribution in [0.25, 0.3) is 0 Å². The zero-order valence-corrected chi connectivity index (χ0v) is 9.19. The van der Waals surface area contributed by atoms with Crippen molar-refractivity contribution >= 4 is 12.4 Å². The van der Waals surface area contributed by atoms with Crippen molar-refractivity contribution in [1.29, 1.82) is 0 Å². The van der Waals surface area contributed by atoms with Gasteiger partial charge in [-0.2, -0.15) is 0 Å². The van der Waals surface area contributed by atoms with Crippen LogP contribution in [0.15, 0.2) is 18.2 Å². The Morgan fingerprint density at radius 2 is 2.13 bits per heavy atom. The van der Waals surface area contributed by atoms with E-state index in [1.165, 1.54) is 6.07 Å². The van der Waals surface area contributed by atoms with Crippen LogP contribution in [0.3, 0.4) is 0 Å². The molecule has 84 valence electrons. The number of hydrogen-bond donors (Lipinski definition) is 2. The number of piperidine rings is 1. The highest BCUT2D eigenvalue weighted by Crippen LogP contribution is 2.31. The van der Waals surface area contributed by atoms with Crippen LogP contribution in [-0.4, -0.2) is 11.7 Å². The van der Waals surface area contributed by atoms with Crippen molar-refractivity contribution in [2.75, 3.05) is 6.54 Å². The molecule has 1 atom stereocenters. The van der Waals surface area contributed by atoms with Crippen LogP contribution in [0.4, 0.5) is 4.39 Å². The van der Waals surface area contributed by atoms with Gasteiger partial charge in [-0.15, -0.1) is 12.4 Å². The number of para-hydroxylation sites is 1. The van der Waals surface area contributed by atoms with E-state index in [0.717, 1.165) is 25.8 Å². The van der Waals surface area contributed by atoms with E-state index >= 15 is 0 Å². The Morgan fingerprint density at radius 3 is 2.80 bits per heavy atom. The minimum Gasteiger partial charge on any atom is -0.505 e. The lowest BCUT2D eigenvalue weighted by Gasteiger charge is -2.24. The lowest BCUT2D eigenvalue weighted by atomic mass is 9.97. The van der Waals surface area contributed by atoms with E-state index in [4.69, 9.17) is 0 Å². The molecule has 15 heavy (non-hydrogen) atoms. The van der Waals surface area contributed by atoms with Gasteiger partial charge in [-0.25, -0.2) is 4.39 Å². The standard InChI is InChI=1S/C11H14FNO.ClH/c12-9-5-3-4-8(11(9)14)10-6-1-2-7-13-10;/h3-5,10,13-14H,1-2,6-7H2;1H/t10-;/m0./s1. The summed E-state index contributed by atoms with van der Waals surface area (Å²) >= 11 is 0. The van der Waals surface area contributed by atoms with E-state index in [1.54, 1.807) is 12.1 Å². The quantitative estimate of drug-likeness (QED) is 0.779. The fraction of sp³-hybridized carbons (Fsp3) is 0.455. The molecule has 0 bridgehead atoms. The second-order valence-electron chi connectivity index (χ2n) is 3.68. The number of rotatable bonds is 1. The second kappa shape index (κ2) is 5.33. The van der Waals surface area contributed by atoms with Crippen LogP contribution in [0.1, 0.15) is 30.9 Å². The minimum absolute atomic E-state index is 0. The molecule has 1 saturated heterocycles. The monoisotopic (exact) mass is 231 g/mol. The van der Waals surface area contributed by atoms with Gasteiger partial charge in [0.15, 0.2) is 11.6 Å². The average molecular weight is 232 g/mol. The molecule has 0 radical (unpaired) electrons. The molecule has 0 saturated carbocycles. The van der Waals surface area contributed by atoms with Gasteiger partial charge in [0.05, 0.1) is 0 Å². The van der Waals surface area contributed by atoms with Gasteiger partial charge in [0.2, 0.25) is 0 Å². The number of aromatic hydroxyl groups is 1. The zero-order valence-electron chi connectivity index (χ0n) is 8.37. The van der Waals surface area contributed by atoms with Crippen molar-refractivity contribution in [2.24, 2.45) is 0 Å². The van der Waals surface area contributed by atoms with Gasteiger partial charge >= 0.3 is 0 Å². The third kappa shape index (κ3) is 2.61. The van der Waals surface area contributed by atoms with Crippen molar-refractivity contribution in [1.82, 2.24) is 5.32 Å². The van der Waals surface area contributed by atoms with E-state index in [2.05, 4.69) is 5.32 Å². The molecule has 1 aliphatic rings. The predicted molar refractivity (Wildman–Crippen MR) is 59.9 cm³/mol. The molecular weight excluding hydrogens is 217 g/mol. The maximum atomic E-state index is 13.1. The fourth-order valence-corrected chi connectivity index (χ4v) is 1.93. The van der Waals surface area contributed by atoms with Crippen molar-refractivity contribution in [3.63, 3.8) is 0 Å². The summed E-state index contributed by atoms with van der Waals surface area (Å²) in [6.45, 7) is 0.945. The normalized spacial score (nSPS) is 20.7. The first-order valence-electron chi connectivity index (χ1n) is 5.00. The van der Waals surface area contributed by atoms with Crippen LogP contribution in [0.2, 0.25) is 0 Å². The second-order valence-corrected chi connectivity index (χ2v) is 3.68. The van der Waals surface area contributed by atoms with Gasteiger partial charge in [0.25, 0.3) is 0 Å². The highest BCUT2D eigenvalue weighted by Gasteiger charge is 2.19. The molecule has 0 amide bonds. The molecule has 0 aromatic heterocycles. The van der Waals surface area contributed by atoms with Crippen molar-refractivity contribution in [3.8, 4) is 5.75 Å². The molecule has 0 aliphatic carbocycles. The Kier molecular flexibility index (Phi) is 4.36. The number of nitrogens with one attached hydrogen (secondary N) is 1. The summed E-state index contributed by atoms with van der Waals surface area (Å²) in [5.74, 6) is -0.734. The van der Waals surface area contributed by atoms with Crippen LogP contribution in [0, 0.1) is 5.82 Å². The number of benzene rings is 1. The Hall–Kier alpha value is -0.800. The molecule has 1 aromatic rings. The Bertz CT molecular complexity index is 326. The summed E-state index contributed by atoms with van der Waals surface area (Å²) in [5, 5.41) is 12.8. The molecule has 4 heteroatoms. The van der Waals surface area contributed by atoms with E-state index < -0.39 is 5.82 Å². The highest BCUT2D eigenvalue weighted by molar-refractivity contribution is 5.85. The zero-order chi connectivity index (χ0) is 9.97. The van der Waals surface area contributed by atoms with Gasteiger partial charge in [0, 0.05) is 11.6 Å². The molecule has 2 nitrogen and oxygen atoms in total. The molecule has 1 heterocycles. The fourth-order valence-electron chi connectivity index (χ4n) is 1.93. The van der Waals surface area contributed by atoms with Crippen LogP contribution in [-0.2, 0) is 0 Å². The number of phenolic OH excluding ortho intramolecular Hbond substituents is 1. The van der Waals surface area contributed by atoms with Gasteiger partial charge in [-0.3, -0.25) is 0 Å². The highest BCUT2D eigenvalue weighted by atomic mass is 35.5. The molecule has 1 aromatic carbocycles. The first kappa shape index (κ1) is 12.3. The maximum absolute atomic E-state index is 13.1. The van der Waals surface area contributed by atoms with E-state index in [-0.39, 0.29) is 24.2 Å². The van der Waals surface area contributed by atoms with E-state index in [1.807, 2.05) is 0 Å².